The van der Waals surface area contributed by atoms with Crippen molar-refractivity contribution in [2.45, 2.75) is 39.3 Å². The van der Waals surface area contributed by atoms with Crippen molar-refractivity contribution in [2.24, 2.45) is 18.7 Å². The third kappa shape index (κ3) is 4.18. The number of halogens is 1. The molecule has 1 aromatic carbocycles. The summed E-state index contributed by atoms with van der Waals surface area (Å²) in [6.45, 7) is 7.56. The molecule has 1 fully saturated rings. The van der Waals surface area contributed by atoms with Gasteiger partial charge in [-0.1, -0.05) is 17.7 Å². The maximum atomic E-state index is 6.13. The van der Waals surface area contributed by atoms with Gasteiger partial charge in [-0.25, -0.2) is 0 Å². The van der Waals surface area contributed by atoms with Crippen molar-refractivity contribution in [3.63, 3.8) is 0 Å². The first-order valence-corrected chi connectivity index (χ1v) is 8.60. The lowest BCUT2D eigenvalue weighted by Crippen LogP contribution is -2.42. The molecule has 0 radical (unpaired) electrons. The lowest BCUT2D eigenvalue weighted by atomic mass is 9.91. The van der Waals surface area contributed by atoms with E-state index in [1.165, 1.54) is 41.8 Å². The van der Waals surface area contributed by atoms with Crippen molar-refractivity contribution in [2.75, 3.05) is 13.1 Å². The van der Waals surface area contributed by atoms with E-state index < -0.39 is 0 Å². The number of likely N-dealkylation sites (tertiary alicyclic amines) is 1. The quantitative estimate of drug-likeness (QED) is 0.921. The topological polar surface area (TPSA) is 47.1 Å². The Labute approximate surface area is 151 Å². The molecule has 2 heterocycles. The number of nitrogens with two attached hydrogens (primary N) is 1. The number of rotatable bonds is 4. The van der Waals surface area contributed by atoms with Crippen molar-refractivity contribution >= 4 is 12.4 Å². The second-order valence-corrected chi connectivity index (χ2v) is 7.00. The molecule has 2 aromatic rings. The fourth-order valence-corrected chi connectivity index (χ4v) is 3.61. The van der Waals surface area contributed by atoms with Crippen LogP contribution in [-0.4, -0.2) is 33.8 Å². The molecule has 5 heteroatoms. The predicted octanol–water partition coefficient (Wildman–Crippen LogP) is 3.38. The molecule has 2 N–H and O–H groups in total. The maximum Gasteiger partial charge on any atom is 0.0682 e. The van der Waals surface area contributed by atoms with Crippen molar-refractivity contribution in [1.82, 2.24) is 14.7 Å². The van der Waals surface area contributed by atoms with Gasteiger partial charge in [0.2, 0.25) is 0 Å². The van der Waals surface area contributed by atoms with E-state index in [-0.39, 0.29) is 18.4 Å². The molecule has 1 aliphatic heterocycles. The van der Waals surface area contributed by atoms with E-state index in [9.17, 15) is 0 Å². The van der Waals surface area contributed by atoms with Crippen LogP contribution < -0.4 is 5.73 Å². The molecule has 4 nitrogen and oxygen atoms in total. The summed E-state index contributed by atoms with van der Waals surface area (Å²) in [5.74, 6) is 0.620. The number of hydrogen-bond donors (Lipinski definition) is 1. The maximum absolute atomic E-state index is 6.13. The van der Waals surface area contributed by atoms with Gasteiger partial charge in [-0.2, -0.15) is 5.10 Å². The number of nitrogens with zero attached hydrogens (tertiary/aromatic N) is 3. The zero-order chi connectivity index (χ0) is 16.4. The summed E-state index contributed by atoms with van der Waals surface area (Å²) in [6, 6.07) is 9.14. The van der Waals surface area contributed by atoms with E-state index in [2.05, 4.69) is 48.1 Å². The predicted molar refractivity (Wildman–Crippen MR) is 102 cm³/mol. The fourth-order valence-electron chi connectivity index (χ4n) is 3.61. The van der Waals surface area contributed by atoms with Gasteiger partial charge >= 0.3 is 0 Å². The summed E-state index contributed by atoms with van der Waals surface area (Å²) in [5, 5.41) is 4.33. The molecule has 1 aliphatic rings. The zero-order valence-electron chi connectivity index (χ0n) is 14.9. The summed E-state index contributed by atoms with van der Waals surface area (Å²) in [7, 11) is 2.01. The van der Waals surface area contributed by atoms with Crippen molar-refractivity contribution in [1.29, 1.82) is 0 Å². The number of benzene rings is 1. The van der Waals surface area contributed by atoms with E-state index >= 15 is 0 Å². The SMILES string of the molecule is Cc1ccc(CN2CCCC(C(C)N)C2)c(-c2ccnn2C)c1.Cl. The van der Waals surface area contributed by atoms with Crippen LogP contribution in [0.5, 0.6) is 0 Å². The molecule has 0 bridgehead atoms. The summed E-state index contributed by atoms with van der Waals surface area (Å²) in [6.07, 6.45) is 4.38. The third-order valence-corrected chi connectivity index (χ3v) is 5.04. The van der Waals surface area contributed by atoms with Gasteiger partial charge in [-0.3, -0.25) is 9.58 Å². The van der Waals surface area contributed by atoms with Gasteiger partial charge in [-0.15, -0.1) is 12.4 Å². The summed E-state index contributed by atoms with van der Waals surface area (Å²) < 4.78 is 1.96. The van der Waals surface area contributed by atoms with Crippen LogP contribution in [0.15, 0.2) is 30.5 Å². The molecule has 2 atom stereocenters. The number of piperidine rings is 1. The van der Waals surface area contributed by atoms with Crippen LogP contribution in [0.2, 0.25) is 0 Å². The Balaban J connectivity index is 0.00000208. The van der Waals surface area contributed by atoms with Crippen LogP contribution in [0.4, 0.5) is 0 Å². The van der Waals surface area contributed by atoms with Gasteiger partial charge in [0.15, 0.2) is 0 Å². The van der Waals surface area contributed by atoms with E-state index in [0.717, 1.165) is 13.1 Å². The second kappa shape index (κ2) is 8.15. The molecule has 3 rings (SSSR count). The van der Waals surface area contributed by atoms with Gasteiger partial charge in [0, 0.05) is 37.9 Å². The van der Waals surface area contributed by atoms with E-state index in [1.807, 2.05) is 17.9 Å². The molecule has 0 saturated carbocycles. The first-order chi connectivity index (χ1) is 11.0. The molecule has 0 spiro atoms. The van der Waals surface area contributed by atoms with Crippen molar-refractivity contribution in [3.05, 3.63) is 41.6 Å². The van der Waals surface area contributed by atoms with Crippen LogP contribution in [-0.2, 0) is 13.6 Å². The first kappa shape index (κ1) is 19.0. The Morgan fingerprint density at radius 1 is 1.33 bits per heavy atom. The fraction of sp³-hybridized carbons (Fsp3) is 0.526. The Morgan fingerprint density at radius 2 is 2.12 bits per heavy atom. The van der Waals surface area contributed by atoms with Gasteiger partial charge in [0.05, 0.1) is 5.69 Å². The Hall–Kier alpha value is -1.36. The van der Waals surface area contributed by atoms with E-state index in [0.29, 0.717) is 5.92 Å². The lowest BCUT2D eigenvalue weighted by Gasteiger charge is -2.35. The largest absolute Gasteiger partial charge is 0.328 e. The Bertz CT molecular complexity index is 665. The zero-order valence-corrected chi connectivity index (χ0v) is 15.7. The minimum Gasteiger partial charge on any atom is -0.328 e. The highest BCUT2D eigenvalue weighted by Gasteiger charge is 2.23. The number of aryl methyl sites for hydroxylation is 2. The molecule has 132 valence electrons. The van der Waals surface area contributed by atoms with Crippen LogP contribution >= 0.6 is 12.4 Å². The molecule has 2 unspecified atom stereocenters. The Morgan fingerprint density at radius 3 is 2.79 bits per heavy atom. The molecule has 1 aromatic heterocycles. The highest BCUT2D eigenvalue weighted by molar-refractivity contribution is 5.85. The molecule has 0 aliphatic carbocycles. The normalized spacial score (nSPS) is 19.8. The average molecular weight is 349 g/mol. The Kier molecular flexibility index (Phi) is 6.44. The monoisotopic (exact) mass is 348 g/mol. The van der Waals surface area contributed by atoms with Crippen LogP contribution in [0.1, 0.15) is 30.9 Å². The van der Waals surface area contributed by atoms with E-state index in [1.54, 1.807) is 0 Å². The molecule has 24 heavy (non-hydrogen) atoms. The molecule has 0 amide bonds. The number of hydrogen-bond acceptors (Lipinski definition) is 3. The standard InChI is InChI=1S/C19H28N4.ClH/c1-14-6-7-17(18(11-14)19-8-9-21-22(19)3)13-23-10-4-5-16(12-23)15(2)20;/h6-9,11,15-16H,4-5,10,12-13,20H2,1-3H3;1H. The van der Waals surface area contributed by atoms with E-state index in [4.69, 9.17) is 5.73 Å². The molecular formula is C19H29ClN4. The summed E-state index contributed by atoms with van der Waals surface area (Å²) >= 11 is 0. The molecule has 1 saturated heterocycles. The highest BCUT2D eigenvalue weighted by Crippen LogP contribution is 2.27. The smallest absolute Gasteiger partial charge is 0.0682 e. The minimum absolute atomic E-state index is 0. The average Bonchev–Trinajstić information content (AvgIpc) is 2.95. The highest BCUT2D eigenvalue weighted by atomic mass is 35.5. The van der Waals surface area contributed by atoms with Gasteiger partial charge < -0.3 is 5.73 Å². The van der Waals surface area contributed by atoms with Gasteiger partial charge in [-0.05, 0) is 56.8 Å². The minimum atomic E-state index is 0. The van der Waals surface area contributed by atoms with Crippen molar-refractivity contribution < 1.29 is 0 Å². The van der Waals surface area contributed by atoms with Crippen LogP contribution in [0, 0.1) is 12.8 Å². The third-order valence-electron chi connectivity index (χ3n) is 5.04. The first-order valence-electron chi connectivity index (χ1n) is 8.60. The van der Waals surface area contributed by atoms with Crippen molar-refractivity contribution in [3.8, 4) is 11.3 Å². The lowest BCUT2D eigenvalue weighted by molar-refractivity contribution is 0.154. The van der Waals surface area contributed by atoms with Crippen LogP contribution in [0.3, 0.4) is 0 Å². The van der Waals surface area contributed by atoms with Gasteiger partial charge in [0.1, 0.15) is 0 Å². The summed E-state index contributed by atoms with van der Waals surface area (Å²) in [4.78, 5) is 2.56. The van der Waals surface area contributed by atoms with Gasteiger partial charge in [0.25, 0.3) is 0 Å². The summed E-state index contributed by atoms with van der Waals surface area (Å²) in [5.41, 5.74) is 11.3. The second-order valence-electron chi connectivity index (χ2n) is 7.00. The van der Waals surface area contributed by atoms with Crippen LogP contribution in [0.25, 0.3) is 11.3 Å². The molecular weight excluding hydrogens is 320 g/mol. The number of aromatic nitrogens is 2.